The van der Waals surface area contributed by atoms with Gasteiger partial charge in [-0.1, -0.05) is 0 Å². The van der Waals surface area contributed by atoms with Gasteiger partial charge in [0.2, 0.25) is 0 Å². The van der Waals surface area contributed by atoms with E-state index in [2.05, 4.69) is 15.3 Å². The van der Waals surface area contributed by atoms with Crippen molar-refractivity contribution < 1.29 is 0 Å². The Kier molecular flexibility index (Phi) is 2.25. The molecule has 4 nitrogen and oxygen atoms in total. The van der Waals surface area contributed by atoms with E-state index >= 15 is 0 Å². The first-order chi connectivity index (χ1) is 5.24. The second kappa shape index (κ2) is 3.18. The van der Waals surface area contributed by atoms with Crippen LogP contribution in [-0.4, -0.2) is 16.5 Å². The van der Waals surface area contributed by atoms with E-state index in [9.17, 15) is 4.79 Å². The van der Waals surface area contributed by atoms with Gasteiger partial charge < -0.3 is 5.32 Å². The molecule has 1 aromatic rings. The summed E-state index contributed by atoms with van der Waals surface area (Å²) < 4.78 is 0. The van der Waals surface area contributed by atoms with Crippen LogP contribution in [0.25, 0.3) is 0 Å². The lowest BCUT2D eigenvalue weighted by Gasteiger charge is -2.03. The number of anilines is 1. The molecule has 1 rings (SSSR count). The lowest BCUT2D eigenvalue weighted by molar-refractivity contribution is 1.03. The lowest BCUT2D eigenvalue weighted by Crippen LogP contribution is -2.14. The molecule has 0 saturated heterocycles. The third-order valence-corrected chi connectivity index (χ3v) is 1.36. The van der Waals surface area contributed by atoms with Gasteiger partial charge in [-0.3, -0.25) is 4.98 Å². The van der Waals surface area contributed by atoms with E-state index in [1.54, 1.807) is 6.20 Å². The predicted octanol–water partition coefficient (Wildman–Crippen LogP) is 0.510. The van der Waals surface area contributed by atoms with E-state index in [1.165, 1.54) is 0 Å². The highest BCUT2D eigenvalue weighted by Gasteiger charge is 1.95. The van der Waals surface area contributed by atoms with Crippen LogP contribution in [0, 0.1) is 6.92 Å². The molecule has 0 aromatic carbocycles. The fraction of sp³-hybridized carbons (Fsp3) is 0.429. The first-order valence-electron chi connectivity index (χ1n) is 3.54. The summed E-state index contributed by atoms with van der Waals surface area (Å²) in [6, 6.07) is 0. The number of aromatic amines is 1. The molecule has 1 aromatic heterocycles. The maximum absolute atomic E-state index is 10.7. The van der Waals surface area contributed by atoms with Gasteiger partial charge in [0.15, 0.2) is 0 Å². The number of aromatic nitrogens is 2. The minimum Gasteiger partial charge on any atom is -0.372 e. The van der Waals surface area contributed by atoms with Crippen molar-refractivity contribution in [3.8, 4) is 0 Å². The molecule has 0 saturated carbocycles. The monoisotopic (exact) mass is 153 g/mol. The van der Waals surface area contributed by atoms with E-state index in [4.69, 9.17) is 0 Å². The van der Waals surface area contributed by atoms with Crippen LogP contribution in [-0.2, 0) is 0 Å². The molecule has 0 aliphatic carbocycles. The van der Waals surface area contributed by atoms with Crippen molar-refractivity contribution in [2.24, 2.45) is 0 Å². The van der Waals surface area contributed by atoms with Crippen LogP contribution >= 0.6 is 0 Å². The van der Waals surface area contributed by atoms with Crippen LogP contribution in [0.3, 0.4) is 0 Å². The Morgan fingerprint density at radius 2 is 2.45 bits per heavy atom. The molecular formula is C7H11N3O. The second-order valence-corrected chi connectivity index (χ2v) is 2.28. The molecule has 0 fully saturated rings. The van der Waals surface area contributed by atoms with Gasteiger partial charge in [0, 0.05) is 18.3 Å². The number of hydrogen-bond donors (Lipinski definition) is 2. The van der Waals surface area contributed by atoms with E-state index in [0.29, 0.717) is 0 Å². The lowest BCUT2D eigenvalue weighted by atomic mass is 10.3. The van der Waals surface area contributed by atoms with Crippen molar-refractivity contribution in [2.45, 2.75) is 13.8 Å². The zero-order chi connectivity index (χ0) is 8.27. The highest BCUT2D eigenvalue weighted by molar-refractivity contribution is 5.40. The average Bonchev–Trinajstić information content (AvgIpc) is 1.98. The molecule has 4 heteroatoms. The van der Waals surface area contributed by atoms with E-state index in [0.717, 1.165) is 17.9 Å². The van der Waals surface area contributed by atoms with Crippen LogP contribution in [0.1, 0.15) is 12.5 Å². The first kappa shape index (κ1) is 7.78. The van der Waals surface area contributed by atoms with Gasteiger partial charge in [-0.25, -0.2) is 9.78 Å². The summed E-state index contributed by atoms with van der Waals surface area (Å²) in [5.41, 5.74) is 0.637. The van der Waals surface area contributed by atoms with Gasteiger partial charge in [-0.2, -0.15) is 0 Å². The normalized spacial score (nSPS) is 9.64. The van der Waals surface area contributed by atoms with Gasteiger partial charge in [-0.15, -0.1) is 0 Å². The van der Waals surface area contributed by atoms with Crippen molar-refractivity contribution >= 4 is 5.82 Å². The number of nitrogens with one attached hydrogen (secondary N) is 2. The maximum Gasteiger partial charge on any atom is 0.346 e. The third kappa shape index (κ3) is 1.80. The Morgan fingerprint density at radius 1 is 1.73 bits per heavy atom. The molecule has 0 atom stereocenters. The number of H-pyrrole nitrogens is 1. The van der Waals surface area contributed by atoms with Crippen molar-refractivity contribution in [1.82, 2.24) is 9.97 Å². The third-order valence-electron chi connectivity index (χ3n) is 1.36. The Hall–Kier alpha value is -1.32. The molecule has 0 spiro atoms. The number of aryl methyl sites for hydroxylation is 1. The number of nitrogens with zero attached hydrogens (tertiary/aromatic N) is 1. The van der Waals surface area contributed by atoms with Gasteiger partial charge in [0.05, 0.1) is 0 Å². The predicted molar refractivity (Wildman–Crippen MR) is 43.8 cm³/mol. The van der Waals surface area contributed by atoms with Crippen molar-refractivity contribution in [3.63, 3.8) is 0 Å². The smallest absolute Gasteiger partial charge is 0.346 e. The maximum atomic E-state index is 10.7. The standard InChI is InChI=1S/C7H11N3O/c1-3-8-6-5(2)4-9-7(11)10-6/h4H,3H2,1-2H3,(H2,8,9,10,11). The fourth-order valence-corrected chi connectivity index (χ4v) is 0.818. The van der Waals surface area contributed by atoms with Gasteiger partial charge in [-0.05, 0) is 13.8 Å². The molecule has 1 heterocycles. The largest absolute Gasteiger partial charge is 0.372 e. The molecule has 60 valence electrons. The molecule has 0 unspecified atom stereocenters. The SMILES string of the molecule is CCNc1[nH]c(=O)ncc1C. The summed E-state index contributed by atoms with van der Waals surface area (Å²) in [4.78, 5) is 16.9. The number of rotatable bonds is 2. The first-order valence-corrected chi connectivity index (χ1v) is 3.54. The summed E-state index contributed by atoms with van der Waals surface area (Å²) in [5.74, 6) is 0.757. The number of hydrogen-bond acceptors (Lipinski definition) is 3. The van der Waals surface area contributed by atoms with Crippen LogP contribution in [0.4, 0.5) is 5.82 Å². The summed E-state index contributed by atoms with van der Waals surface area (Å²) in [5, 5.41) is 3.02. The average molecular weight is 153 g/mol. The summed E-state index contributed by atoms with van der Waals surface area (Å²) in [6.45, 7) is 4.65. The molecule has 0 amide bonds. The molecule has 0 radical (unpaired) electrons. The second-order valence-electron chi connectivity index (χ2n) is 2.28. The van der Waals surface area contributed by atoms with Crippen LogP contribution < -0.4 is 11.0 Å². The van der Waals surface area contributed by atoms with E-state index in [-0.39, 0.29) is 5.69 Å². The molecule has 2 N–H and O–H groups in total. The summed E-state index contributed by atoms with van der Waals surface area (Å²) >= 11 is 0. The Labute approximate surface area is 64.7 Å². The molecule has 0 aliphatic rings. The Morgan fingerprint density at radius 3 is 3.09 bits per heavy atom. The van der Waals surface area contributed by atoms with Gasteiger partial charge in [0.1, 0.15) is 5.82 Å². The minimum absolute atomic E-state index is 0.313. The van der Waals surface area contributed by atoms with Crippen LogP contribution in [0.2, 0.25) is 0 Å². The van der Waals surface area contributed by atoms with Crippen LogP contribution in [0.15, 0.2) is 11.0 Å². The molecular weight excluding hydrogens is 142 g/mol. The highest BCUT2D eigenvalue weighted by Crippen LogP contribution is 2.04. The van der Waals surface area contributed by atoms with Crippen molar-refractivity contribution in [2.75, 3.05) is 11.9 Å². The van der Waals surface area contributed by atoms with Gasteiger partial charge >= 0.3 is 5.69 Å². The van der Waals surface area contributed by atoms with Crippen LogP contribution in [0.5, 0.6) is 0 Å². The highest BCUT2D eigenvalue weighted by atomic mass is 16.1. The van der Waals surface area contributed by atoms with Gasteiger partial charge in [0.25, 0.3) is 0 Å². The summed E-state index contributed by atoms with van der Waals surface area (Å²) in [6.07, 6.45) is 1.55. The summed E-state index contributed by atoms with van der Waals surface area (Å²) in [7, 11) is 0. The van der Waals surface area contributed by atoms with Crippen molar-refractivity contribution in [1.29, 1.82) is 0 Å². The van der Waals surface area contributed by atoms with E-state index in [1.807, 2.05) is 13.8 Å². The fourth-order valence-electron chi connectivity index (χ4n) is 0.818. The van der Waals surface area contributed by atoms with E-state index < -0.39 is 0 Å². The minimum atomic E-state index is -0.313. The zero-order valence-electron chi connectivity index (χ0n) is 6.64. The Bertz CT molecular complexity index is 292. The molecule has 0 bridgehead atoms. The topological polar surface area (TPSA) is 57.8 Å². The van der Waals surface area contributed by atoms with Crippen molar-refractivity contribution in [3.05, 3.63) is 22.2 Å². The quantitative estimate of drug-likeness (QED) is 0.650. The zero-order valence-corrected chi connectivity index (χ0v) is 6.64. The Balaban J connectivity index is 3.02. The molecule has 11 heavy (non-hydrogen) atoms. The molecule has 0 aliphatic heterocycles.